The Balaban J connectivity index is 0.000000166. The van der Waals surface area contributed by atoms with Crippen LogP contribution < -0.4 is 9.47 Å². The predicted octanol–water partition coefficient (Wildman–Crippen LogP) is 5.87. The van der Waals surface area contributed by atoms with Gasteiger partial charge in [0, 0.05) is 17.8 Å². The number of benzene rings is 1. The number of aldehydes is 1. The number of hydrogen-bond donors (Lipinski definition) is 0. The Morgan fingerprint density at radius 2 is 1.59 bits per heavy atom. The summed E-state index contributed by atoms with van der Waals surface area (Å²) in [5, 5.41) is 0.210. The molecule has 4 aliphatic rings. The first-order valence-electron chi connectivity index (χ1n) is 10.4. The lowest BCUT2D eigenvalue weighted by molar-refractivity contribution is -0.111. The third-order valence-electron chi connectivity index (χ3n) is 6.59. The Bertz CT molecular complexity index is 997. The highest BCUT2D eigenvalue weighted by Gasteiger charge is 2.82. The van der Waals surface area contributed by atoms with E-state index < -0.39 is 37.3 Å². The minimum absolute atomic E-state index is 0.0107. The number of hydrogen-bond acceptors (Lipinski definition) is 6. The maximum atomic E-state index is 11.3. The number of carbonyl (C=O) groups excluding carboxylic acids is 1. The summed E-state index contributed by atoms with van der Waals surface area (Å²) in [5.74, 6) is 0.766. The Hall–Kier alpha value is 0.0400. The lowest BCUT2D eigenvalue weighted by Gasteiger charge is -2.33. The third kappa shape index (κ3) is 4.07. The van der Waals surface area contributed by atoms with Crippen molar-refractivity contribution < 1.29 is 26.8 Å². The minimum Gasteiger partial charge on any atom is -0.454 e. The molecule has 6 nitrogen and oxygen atoms in total. The normalized spacial score (nSPS) is 35.8. The molecule has 0 N–H and O–H groups in total. The van der Waals surface area contributed by atoms with Crippen LogP contribution in [0, 0.1) is 17.8 Å². The molecule has 2 aliphatic carbocycles. The first-order valence-corrected chi connectivity index (χ1v) is 13.6. The van der Waals surface area contributed by atoms with Gasteiger partial charge in [0.05, 0.1) is 23.3 Å². The van der Waals surface area contributed by atoms with Gasteiger partial charge in [-0.2, -0.15) is 4.21 Å². The van der Waals surface area contributed by atoms with Crippen LogP contribution in [-0.2, 0) is 30.9 Å². The van der Waals surface area contributed by atoms with Crippen molar-refractivity contribution in [3.05, 3.63) is 33.8 Å². The largest absolute Gasteiger partial charge is 0.454 e. The van der Waals surface area contributed by atoms with Crippen molar-refractivity contribution in [2.75, 3.05) is 20.0 Å². The summed E-state index contributed by atoms with van der Waals surface area (Å²) >= 11 is 36.4. The van der Waals surface area contributed by atoms with Gasteiger partial charge < -0.3 is 14.3 Å². The molecule has 2 bridgehead atoms. The van der Waals surface area contributed by atoms with Gasteiger partial charge in [-0.3, -0.25) is 8.37 Å². The number of ether oxygens (including phenoxy) is 2. The molecule has 5 atom stereocenters. The van der Waals surface area contributed by atoms with Crippen molar-refractivity contribution in [3.63, 3.8) is 0 Å². The van der Waals surface area contributed by atoms with Gasteiger partial charge in [-0.1, -0.05) is 59.4 Å². The van der Waals surface area contributed by atoms with Crippen molar-refractivity contribution in [1.82, 2.24) is 0 Å². The number of rotatable bonds is 4. The van der Waals surface area contributed by atoms with Crippen molar-refractivity contribution in [2.45, 2.75) is 33.8 Å². The molecule has 13 heteroatoms. The van der Waals surface area contributed by atoms with E-state index in [0.717, 1.165) is 36.2 Å². The van der Waals surface area contributed by atoms with Gasteiger partial charge in [0.15, 0.2) is 15.8 Å². The summed E-state index contributed by atoms with van der Waals surface area (Å²) in [7, 11) is 0. The SMILES string of the molecule is CCC(C=O)Cc1ccc2c(c1)OCO2.O=S1OCC2C(CO1)C1(Cl)C(Cl)=C(Cl)C2(Cl)C1(Cl)Cl. The van der Waals surface area contributed by atoms with E-state index in [1.165, 1.54) is 0 Å². The molecule has 2 heterocycles. The van der Waals surface area contributed by atoms with Crippen molar-refractivity contribution in [3.8, 4) is 11.5 Å². The number of carbonyl (C=O) groups is 1. The Morgan fingerprint density at radius 3 is 2.12 bits per heavy atom. The average molecular weight is 613 g/mol. The van der Waals surface area contributed by atoms with E-state index in [4.69, 9.17) is 87.4 Å². The van der Waals surface area contributed by atoms with E-state index in [-0.39, 0.29) is 29.2 Å². The molecule has 2 aliphatic heterocycles. The highest BCUT2D eigenvalue weighted by molar-refractivity contribution is 7.75. The van der Waals surface area contributed by atoms with E-state index in [1.807, 2.05) is 25.1 Å². The highest BCUT2D eigenvalue weighted by Crippen LogP contribution is 2.76. The van der Waals surface area contributed by atoms with Crippen LogP contribution in [0.3, 0.4) is 0 Å². The lowest BCUT2D eigenvalue weighted by atomic mass is 9.83. The van der Waals surface area contributed by atoms with Gasteiger partial charge in [0.2, 0.25) is 6.79 Å². The Labute approximate surface area is 229 Å². The number of halogens is 6. The summed E-state index contributed by atoms with van der Waals surface area (Å²) in [4.78, 5) is 7.94. The van der Waals surface area contributed by atoms with Gasteiger partial charge in [0.1, 0.15) is 16.0 Å². The first-order chi connectivity index (χ1) is 16.0. The minimum atomic E-state index is -1.86. The second-order valence-corrected chi connectivity index (χ2v) is 12.5. The van der Waals surface area contributed by atoms with E-state index in [9.17, 15) is 9.00 Å². The van der Waals surface area contributed by atoms with Crippen LogP contribution in [0.2, 0.25) is 0 Å². The van der Waals surface area contributed by atoms with Crippen LogP contribution in [0.15, 0.2) is 28.3 Å². The van der Waals surface area contributed by atoms with Gasteiger partial charge in [0.25, 0.3) is 0 Å². The zero-order chi connectivity index (χ0) is 24.9. The van der Waals surface area contributed by atoms with Crippen LogP contribution in [0.1, 0.15) is 18.9 Å². The molecule has 5 unspecified atom stereocenters. The topological polar surface area (TPSA) is 71.1 Å². The molecule has 1 aromatic carbocycles. The van der Waals surface area contributed by atoms with Crippen LogP contribution in [0.25, 0.3) is 0 Å². The summed E-state index contributed by atoms with van der Waals surface area (Å²) in [5.41, 5.74) is 1.12. The van der Waals surface area contributed by atoms with E-state index in [0.29, 0.717) is 6.79 Å². The molecule has 1 saturated heterocycles. The molecule has 0 radical (unpaired) electrons. The standard InChI is InChI=1S/C12H14O3.C9H6Cl6O3S/c1-2-9(7-13)5-10-3-4-11-12(6-10)15-8-14-11;10-5-6(11)8(13)4-2-18-19(16)17-1-3(4)7(5,12)9(8,14)15/h3-4,6-7,9H,2,5,8H2,1H3;3-4H,1-2H2. The average Bonchev–Trinajstić information content (AvgIpc) is 3.28. The maximum Gasteiger partial charge on any atom is 0.304 e. The summed E-state index contributed by atoms with van der Waals surface area (Å²) in [6, 6.07) is 5.84. The molecule has 1 saturated carbocycles. The lowest BCUT2D eigenvalue weighted by Crippen LogP contribution is -2.45. The molecular formula is C21H20Cl6O6S. The second kappa shape index (κ2) is 10.1. The van der Waals surface area contributed by atoms with Crippen molar-refractivity contribution in [1.29, 1.82) is 0 Å². The Morgan fingerprint density at radius 1 is 1.03 bits per heavy atom. The molecule has 188 valence electrons. The van der Waals surface area contributed by atoms with Crippen LogP contribution >= 0.6 is 69.6 Å². The fourth-order valence-corrected chi connectivity index (χ4v) is 8.26. The monoisotopic (exact) mass is 610 g/mol. The van der Waals surface area contributed by atoms with E-state index >= 15 is 0 Å². The predicted molar refractivity (Wildman–Crippen MR) is 133 cm³/mol. The van der Waals surface area contributed by atoms with E-state index in [1.54, 1.807) is 0 Å². The fourth-order valence-electron chi connectivity index (χ4n) is 4.62. The van der Waals surface area contributed by atoms with E-state index in [2.05, 4.69) is 0 Å². The molecule has 0 amide bonds. The van der Waals surface area contributed by atoms with Gasteiger partial charge >= 0.3 is 11.4 Å². The molecule has 34 heavy (non-hydrogen) atoms. The van der Waals surface area contributed by atoms with Crippen LogP contribution in [-0.4, -0.2) is 44.6 Å². The number of allylic oxidation sites excluding steroid dienone is 2. The quantitative estimate of drug-likeness (QED) is 0.313. The van der Waals surface area contributed by atoms with Crippen LogP contribution in [0.5, 0.6) is 11.5 Å². The summed E-state index contributed by atoms with van der Waals surface area (Å²) in [6.45, 7) is 2.34. The van der Waals surface area contributed by atoms with Crippen molar-refractivity contribution >= 4 is 87.3 Å². The zero-order valence-corrected chi connectivity index (χ0v) is 23.1. The Kier molecular flexibility index (Phi) is 8.02. The van der Waals surface area contributed by atoms with Crippen LogP contribution in [0.4, 0.5) is 0 Å². The van der Waals surface area contributed by atoms with Gasteiger partial charge in [-0.05, 0) is 30.5 Å². The first kappa shape index (κ1) is 27.1. The molecule has 0 aromatic heterocycles. The van der Waals surface area contributed by atoms with Gasteiger partial charge in [-0.25, -0.2) is 0 Å². The number of fused-ring (bicyclic) bond motifs is 6. The smallest absolute Gasteiger partial charge is 0.304 e. The zero-order valence-electron chi connectivity index (χ0n) is 17.7. The van der Waals surface area contributed by atoms with Gasteiger partial charge in [-0.15, -0.1) is 23.2 Å². The molecule has 1 aromatic rings. The third-order valence-corrected chi connectivity index (χ3v) is 11.6. The second-order valence-electron chi connectivity index (χ2n) is 8.31. The number of alkyl halides is 4. The molecule has 0 spiro atoms. The molecular weight excluding hydrogens is 593 g/mol. The summed E-state index contributed by atoms with van der Waals surface area (Å²) in [6.07, 6.45) is 2.67. The molecule has 2 fully saturated rings. The van der Waals surface area contributed by atoms with Crippen molar-refractivity contribution in [2.24, 2.45) is 17.8 Å². The molecule has 5 rings (SSSR count). The highest BCUT2D eigenvalue weighted by atomic mass is 35.5. The fraction of sp³-hybridized carbons (Fsp3) is 0.571. The summed E-state index contributed by atoms with van der Waals surface area (Å²) < 4.78 is 30.2. The maximum absolute atomic E-state index is 11.3.